The van der Waals surface area contributed by atoms with Gasteiger partial charge < -0.3 is 10.0 Å². The predicted molar refractivity (Wildman–Crippen MR) is 73.3 cm³/mol. The average molecular weight is 260 g/mol. The molecule has 2 heterocycles. The second-order valence-electron chi connectivity index (χ2n) is 5.60. The van der Waals surface area contributed by atoms with Crippen LogP contribution in [0.2, 0.25) is 0 Å². The summed E-state index contributed by atoms with van der Waals surface area (Å²) in [4.78, 5) is 16.9. The molecule has 1 unspecified atom stereocenters. The van der Waals surface area contributed by atoms with Crippen molar-refractivity contribution in [2.24, 2.45) is 0 Å². The third kappa shape index (κ3) is 2.32. The van der Waals surface area contributed by atoms with E-state index in [-0.39, 0.29) is 11.7 Å². The minimum atomic E-state index is -0.0345. The monoisotopic (exact) mass is 260 g/mol. The van der Waals surface area contributed by atoms with E-state index < -0.39 is 0 Å². The van der Waals surface area contributed by atoms with Crippen LogP contribution in [-0.2, 0) is 0 Å². The molecule has 1 aromatic rings. The second kappa shape index (κ2) is 4.85. The topological polar surface area (TPSA) is 43.8 Å². The number of carbonyl (C=O) groups is 1. The maximum atomic E-state index is 12.5. The van der Waals surface area contributed by atoms with Crippen LogP contribution >= 0.6 is 0 Å². The zero-order valence-corrected chi connectivity index (χ0v) is 11.3. The molecule has 102 valence electrons. The van der Waals surface area contributed by atoms with Gasteiger partial charge in [-0.3, -0.25) is 9.69 Å². The van der Waals surface area contributed by atoms with Gasteiger partial charge in [0.2, 0.25) is 0 Å². The van der Waals surface area contributed by atoms with E-state index in [1.807, 2.05) is 17.9 Å². The van der Waals surface area contributed by atoms with E-state index in [0.29, 0.717) is 11.6 Å². The van der Waals surface area contributed by atoms with Gasteiger partial charge in [0.15, 0.2) is 0 Å². The van der Waals surface area contributed by atoms with E-state index in [1.165, 1.54) is 19.4 Å². The zero-order chi connectivity index (χ0) is 13.4. The lowest BCUT2D eigenvalue weighted by Crippen LogP contribution is -2.52. The lowest BCUT2D eigenvalue weighted by molar-refractivity contribution is 0.0568. The standard InChI is InChI=1S/C15H20N2O2/c1-11-4-5-14(18)13(9-11)15(19)17-8-7-16-6-2-3-12(16)10-17/h4-5,9,12,18H,2-3,6-8,10H2,1H3. The number of hydrogen-bond acceptors (Lipinski definition) is 3. The van der Waals surface area contributed by atoms with Crippen LogP contribution in [0.25, 0.3) is 0 Å². The maximum Gasteiger partial charge on any atom is 0.257 e. The van der Waals surface area contributed by atoms with Crippen LogP contribution in [0.3, 0.4) is 0 Å². The summed E-state index contributed by atoms with van der Waals surface area (Å²) in [5, 5.41) is 9.87. The number of piperazine rings is 1. The minimum Gasteiger partial charge on any atom is -0.507 e. The molecule has 0 spiro atoms. The molecule has 1 aromatic carbocycles. The Balaban J connectivity index is 1.78. The van der Waals surface area contributed by atoms with E-state index in [9.17, 15) is 9.90 Å². The number of rotatable bonds is 1. The van der Waals surface area contributed by atoms with Crippen LogP contribution in [0, 0.1) is 6.92 Å². The lowest BCUT2D eigenvalue weighted by atomic mass is 10.1. The number of phenolic OH excluding ortho intramolecular Hbond substituents is 1. The molecular weight excluding hydrogens is 240 g/mol. The second-order valence-corrected chi connectivity index (χ2v) is 5.60. The Morgan fingerprint density at radius 2 is 2.16 bits per heavy atom. The third-order valence-electron chi connectivity index (χ3n) is 4.26. The molecule has 1 atom stereocenters. The Kier molecular flexibility index (Phi) is 3.19. The number of nitrogens with zero attached hydrogens (tertiary/aromatic N) is 2. The normalized spacial score (nSPS) is 23.4. The molecule has 0 bridgehead atoms. The van der Waals surface area contributed by atoms with Crippen molar-refractivity contribution in [1.29, 1.82) is 0 Å². The first-order valence-corrected chi connectivity index (χ1v) is 6.98. The van der Waals surface area contributed by atoms with E-state index in [1.54, 1.807) is 12.1 Å². The van der Waals surface area contributed by atoms with Gasteiger partial charge in [-0.05, 0) is 38.4 Å². The van der Waals surface area contributed by atoms with Crippen LogP contribution in [0.4, 0.5) is 0 Å². The summed E-state index contributed by atoms with van der Waals surface area (Å²) >= 11 is 0. The van der Waals surface area contributed by atoms with Crippen molar-refractivity contribution < 1.29 is 9.90 Å². The molecule has 2 aliphatic heterocycles. The highest BCUT2D eigenvalue weighted by molar-refractivity contribution is 5.97. The molecule has 0 radical (unpaired) electrons. The molecule has 3 rings (SSSR count). The average Bonchev–Trinajstić information content (AvgIpc) is 2.88. The molecule has 4 nitrogen and oxygen atoms in total. The first-order chi connectivity index (χ1) is 9.15. The van der Waals surface area contributed by atoms with Crippen LogP contribution in [0.5, 0.6) is 5.75 Å². The fourth-order valence-electron chi connectivity index (χ4n) is 3.17. The molecule has 0 saturated carbocycles. The van der Waals surface area contributed by atoms with Gasteiger partial charge in [-0.25, -0.2) is 0 Å². The van der Waals surface area contributed by atoms with Crippen molar-refractivity contribution in [1.82, 2.24) is 9.80 Å². The van der Waals surface area contributed by atoms with Crippen molar-refractivity contribution in [2.45, 2.75) is 25.8 Å². The van der Waals surface area contributed by atoms with Crippen molar-refractivity contribution in [2.75, 3.05) is 26.2 Å². The first-order valence-electron chi connectivity index (χ1n) is 6.98. The molecule has 1 N–H and O–H groups in total. The fraction of sp³-hybridized carbons (Fsp3) is 0.533. The number of carbonyl (C=O) groups excluding carboxylic acids is 1. The van der Waals surface area contributed by atoms with Gasteiger partial charge in [-0.15, -0.1) is 0 Å². The van der Waals surface area contributed by atoms with Gasteiger partial charge in [0.05, 0.1) is 5.56 Å². The number of hydrogen-bond donors (Lipinski definition) is 1. The van der Waals surface area contributed by atoms with Gasteiger partial charge in [-0.1, -0.05) is 11.6 Å². The lowest BCUT2D eigenvalue weighted by Gasteiger charge is -2.37. The van der Waals surface area contributed by atoms with E-state index in [0.717, 1.165) is 25.2 Å². The smallest absolute Gasteiger partial charge is 0.257 e. The Labute approximate surface area is 113 Å². The van der Waals surface area contributed by atoms with Crippen molar-refractivity contribution in [3.8, 4) is 5.75 Å². The van der Waals surface area contributed by atoms with Gasteiger partial charge in [0, 0.05) is 25.7 Å². The summed E-state index contributed by atoms with van der Waals surface area (Å²) in [6.07, 6.45) is 2.42. The number of phenols is 1. The quantitative estimate of drug-likeness (QED) is 0.834. The summed E-state index contributed by atoms with van der Waals surface area (Å²) < 4.78 is 0. The van der Waals surface area contributed by atoms with Crippen LogP contribution in [-0.4, -0.2) is 53.0 Å². The summed E-state index contributed by atoms with van der Waals surface area (Å²) in [7, 11) is 0. The largest absolute Gasteiger partial charge is 0.507 e. The van der Waals surface area contributed by atoms with Gasteiger partial charge in [0.1, 0.15) is 5.75 Å². The Hall–Kier alpha value is -1.55. The Morgan fingerprint density at radius 1 is 1.32 bits per heavy atom. The van der Waals surface area contributed by atoms with Gasteiger partial charge >= 0.3 is 0 Å². The SMILES string of the molecule is Cc1ccc(O)c(C(=O)N2CCN3CCCC3C2)c1. The molecule has 19 heavy (non-hydrogen) atoms. The fourth-order valence-corrected chi connectivity index (χ4v) is 3.17. The van der Waals surface area contributed by atoms with Crippen molar-refractivity contribution >= 4 is 5.91 Å². The van der Waals surface area contributed by atoms with Crippen LogP contribution < -0.4 is 0 Å². The highest BCUT2D eigenvalue weighted by Crippen LogP contribution is 2.25. The van der Waals surface area contributed by atoms with Crippen LogP contribution in [0.15, 0.2) is 18.2 Å². The Morgan fingerprint density at radius 3 is 3.00 bits per heavy atom. The summed E-state index contributed by atoms with van der Waals surface area (Å²) in [6, 6.07) is 5.72. The molecule has 4 heteroatoms. The summed E-state index contributed by atoms with van der Waals surface area (Å²) in [6.45, 7) is 5.63. The third-order valence-corrected chi connectivity index (χ3v) is 4.26. The van der Waals surface area contributed by atoms with Crippen LogP contribution in [0.1, 0.15) is 28.8 Å². The molecule has 1 amide bonds. The molecule has 2 saturated heterocycles. The molecular formula is C15H20N2O2. The summed E-state index contributed by atoms with van der Waals surface area (Å²) in [5.74, 6) is 0.0530. The molecule has 2 fully saturated rings. The highest BCUT2D eigenvalue weighted by Gasteiger charge is 2.33. The number of fused-ring (bicyclic) bond motifs is 1. The molecule has 2 aliphatic rings. The number of aryl methyl sites for hydroxylation is 1. The highest BCUT2D eigenvalue weighted by atomic mass is 16.3. The van der Waals surface area contributed by atoms with E-state index in [2.05, 4.69) is 4.90 Å². The minimum absolute atomic E-state index is 0.0345. The molecule has 0 aliphatic carbocycles. The maximum absolute atomic E-state index is 12.5. The number of benzene rings is 1. The van der Waals surface area contributed by atoms with Crippen molar-refractivity contribution in [3.63, 3.8) is 0 Å². The molecule has 0 aromatic heterocycles. The van der Waals surface area contributed by atoms with Gasteiger partial charge in [-0.2, -0.15) is 0 Å². The predicted octanol–water partition coefficient (Wildman–Crippen LogP) is 1.62. The van der Waals surface area contributed by atoms with E-state index in [4.69, 9.17) is 0 Å². The number of amides is 1. The van der Waals surface area contributed by atoms with Gasteiger partial charge in [0.25, 0.3) is 5.91 Å². The first kappa shape index (κ1) is 12.5. The number of aromatic hydroxyl groups is 1. The van der Waals surface area contributed by atoms with E-state index >= 15 is 0 Å². The summed E-state index contributed by atoms with van der Waals surface area (Å²) in [5.41, 5.74) is 1.44. The van der Waals surface area contributed by atoms with Crippen molar-refractivity contribution in [3.05, 3.63) is 29.3 Å². The Bertz CT molecular complexity index is 501. The zero-order valence-electron chi connectivity index (χ0n) is 11.3.